The van der Waals surface area contributed by atoms with E-state index in [0.29, 0.717) is 53.8 Å². The molecule has 0 aliphatic carbocycles. The molecule has 1 aliphatic rings. The third-order valence-electron chi connectivity index (χ3n) is 6.97. The Hall–Kier alpha value is -4.37. The summed E-state index contributed by atoms with van der Waals surface area (Å²) < 4.78 is 15.0. The number of benzene rings is 3. The number of rotatable bonds is 9. The van der Waals surface area contributed by atoms with Crippen molar-refractivity contribution in [3.05, 3.63) is 106 Å². The maximum atomic E-state index is 13.6. The number of nitrogens with zero attached hydrogens (tertiary/aromatic N) is 3. The van der Waals surface area contributed by atoms with Crippen LogP contribution in [-0.4, -0.2) is 37.0 Å². The molecule has 0 saturated carbocycles. The van der Waals surface area contributed by atoms with Crippen LogP contribution in [0.1, 0.15) is 55.7 Å². The van der Waals surface area contributed by atoms with Crippen LogP contribution in [0.25, 0.3) is 16.6 Å². The third kappa shape index (κ3) is 5.44. The van der Waals surface area contributed by atoms with Gasteiger partial charge in [0, 0.05) is 24.8 Å². The summed E-state index contributed by atoms with van der Waals surface area (Å²) in [6, 6.07) is 20.1. The van der Waals surface area contributed by atoms with Crippen molar-refractivity contribution in [3.63, 3.8) is 0 Å². The predicted molar refractivity (Wildman–Crippen MR) is 145 cm³/mol. The van der Waals surface area contributed by atoms with Crippen molar-refractivity contribution in [1.29, 1.82) is 0 Å². The molecule has 1 aromatic heterocycles. The topological polar surface area (TPSA) is 114 Å². The first kappa shape index (κ1) is 26.2. The summed E-state index contributed by atoms with van der Waals surface area (Å²) >= 11 is 0. The Kier molecular flexibility index (Phi) is 7.26. The number of aliphatic hydroxyl groups excluding tert-OH is 1. The molecule has 200 valence electrons. The predicted octanol–water partition coefficient (Wildman–Crippen LogP) is 4.94. The second kappa shape index (κ2) is 10.8. The molecule has 0 bridgehead atoms. The number of halogens is 1. The number of oxime groups is 1. The lowest BCUT2D eigenvalue weighted by molar-refractivity contribution is -0.137. The van der Waals surface area contributed by atoms with Crippen LogP contribution in [-0.2, 0) is 16.1 Å². The highest BCUT2D eigenvalue weighted by molar-refractivity contribution is 6.04. The Morgan fingerprint density at radius 2 is 1.85 bits per heavy atom. The SMILES string of the molecule is CC1([C@@H](O)c2ccccc2)CC(c2ccc3c(=O)n(-c4ccc(F)cc4)c(CCCCC(=O)O)nc3c2)=NO1. The Morgan fingerprint density at radius 3 is 2.56 bits per heavy atom. The molecule has 0 fully saturated rings. The Labute approximate surface area is 224 Å². The van der Waals surface area contributed by atoms with E-state index in [2.05, 4.69) is 5.16 Å². The van der Waals surface area contributed by atoms with Crippen molar-refractivity contribution in [2.75, 3.05) is 0 Å². The number of hydrogen-bond acceptors (Lipinski definition) is 6. The van der Waals surface area contributed by atoms with Crippen molar-refractivity contribution in [2.45, 2.75) is 50.7 Å². The quantitative estimate of drug-likeness (QED) is 0.297. The van der Waals surface area contributed by atoms with Gasteiger partial charge in [0.1, 0.15) is 17.7 Å². The maximum Gasteiger partial charge on any atom is 0.303 e. The molecule has 9 heteroatoms. The second-order valence-electron chi connectivity index (χ2n) is 9.91. The molecule has 8 nitrogen and oxygen atoms in total. The summed E-state index contributed by atoms with van der Waals surface area (Å²) in [4.78, 5) is 35.1. The van der Waals surface area contributed by atoms with Crippen LogP contribution >= 0.6 is 0 Å². The minimum absolute atomic E-state index is 0.0198. The van der Waals surface area contributed by atoms with Gasteiger partial charge >= 0.3 is 5.97 Å². The molecule has 0 spiro atoms. The Balaban J connectivity index is 1.48. The van der Waals surface area contributed by atoms with Crippen molar-refractivity contribution < 1.29 is 24.2 Å². The van der Waals surface area contributed by atoms with Gasteiger partial charge in [0.05, 0.1) is 22.3 Å². The molecule has 0 saturated heterocycles. The normalized spacial score (nSPS) is 17.6. The molecule has 2 atom stereocenters. The zero-order valence-electron chi connectivity index (χ0n) is 21.4. The van der Waals surface area contributed by atoms with Gasteiger partial charge in [-0.1, -0.05) is 41.6 Å². The molecule has 2 N–H and O–H groups in total. The van der Waals surface area contributed by atoms with E-state index >= 15 is 0 Å². The largest absolute Gasteiger partial charge is 0.481 e. The van der Waals surface area contributed by atoms with E-state index in [1.54, 1.807) is 25.1 Å². The summed E-state index contributed by atoms with van der Waals surface area (Å²) in [5.74, 6) is -0.848. The second-order valence-corrected chi connectivity index (χ2v) is 9.91. The maximum absolute atomic E-state index is 13.6. The lowest BCUT2D eigenvalue weighted by Gasteiger charge is -2.27. The summed E-state index contributed by atoms with van der Waals surface area (Å²) in [5, 5.41) is 24.6. The number of hydrogen-bond donors (Lipinski definition) is 2. The van der Waals surface area contributed by atoms with Gasteiger partial charge in [-0.2, -0.15) is 0 Å². The van der Waals surface area contributed by atoms with Gasteiger partial charge < -0.3 is 15.1 Å². The smallest absolute Gasteiger partial charge is 0.303 e. The summed E-state index contributed by atoms with van der Waals surface area (Å²) in [6.07, 6.45) is 0.796. The monoisotopic (exact) mass is 529 g/mol. The van der Waals surface area contributed by atoms with Crippen molar-refractivity contribution >= 4 is 22.6 Å². The van der Waals surface area contributed by atoms with Crippen molar-refractivity contribution in [1.82, 2.24) is 9.55 Å². The van der Waals surface area contributed by atoms with Crippen LogP contribution in [0.15, 0.2) is 82.7 Å². The van der Waals surface area contributed by atoms with Gasteiger partial charge in [-0.15, -0.1) is 0 Å². The summed E-state index contributed by atoms with van der Waals surface area (Å²) in [5.41, 5.74) is 1.75. The van der Waals surface area contributed by atoms with Crippen LogP contribution in [0.3, 0.4) is 0 Å². The molecule has 3 aromatic carbocycles. The van der Waals surface area contributed by atoms with Crippen molar-refractivity contribution in [2.24, 2.45) is 5.16 Å². The first-order chi connectivity index (χ1) is 18.7. The highest BCUT2D eigenvalue weighted by atomic mass is 19.1. The van der Waals surface area contributed by atoms with Gasteiger partial charge in [-0.25, -0.2) is 9.37 Å². The Bertz CT molecular complexity index is 1600. The molecule has 2 heterocycles. The minimum atomic E-state index is -0.958. The molecule has 39 heavy (non-hydrogen) atoms. The molecular weight excluding hydrogens is 501 g/mol. The number of fused-ring (bicyclic) bond motifs is 1. The summed E-state index contributed by atoms with van der Waals surface area (Å²) in [7, 11) is 0. The zero-order valence-corrected chi connectivity index (χ0v) is 21.4. The number of aliphatic carboxylic acids is 1. The van der Waals surface area contributed by atoms with Crippen LogP contribution < -0.4 is 5.56 Å². The van der Waals surface area contributed by atoms with Crippen LogP contribution in [0.5, 0.6) is 0 Å². The fourth-order valence-electron chi connectivity index (χ4n) is 4.84. The molecule has 1 aliphatic heterocycles. The fraction of sp³-hybridized carbons (Fsp3) is 0.267. The number of aryl methyl sites for hydroxylation is 1. The van der Waals surface area contributed by atoms with Gasteiger partial charge in [-0.05, 0) is 61.7 Å². The van der Waals surface area contributed by atoms with E-state index in [-0.39, 0.29) is 12.0 Å². The lowest BCUT2D eigenvalue weighted by Crippen LogP contribution is -2.33. The van der Waals surface area contributed by atoms with Crippen LogP contribution in [0, 0.1) is 5.82 Å². The molecule has 0 radical (unpaired) electrons. The molecule has 0 amide bonds. The number of unbranched alkanes of at least 4 members (excludes halogenated alkanes) is 1. The zero-order chi connectivity index (χ0) is 27.6. The molecule has 1 unspecified atom stereocenters. The van der Waals surface area contributed by atoms with Gasteiger partial charge in [0.2, 0.25) is 0 Å². The van der Waals surface area contributed by atoms with E-state index in [0.717, 1.165) is 11.1 Å². The Morgan fingerprint density at radius 1 is 1.10 bits per heavy atom. The molecule has 4 aromatic rings. The summed E-state index contributed by atoms with van der Waals surface area (Å²) in [6.45, 7) is 1.80. The standard InChI is InChI=1S/C30H28FN3O5/c1-30(28(37)19-7-3-2-4-8-19)18-25(33-39-30)20-11-16-23-24(17-20)32-26(9-5-6-10-27(35)36)34(29(23)38)22-14-12-21(31)13-15-22/h2-4,7-8,11-17,28,37H,5-6,9-10,18H2,1H3,(H,35,36)/t28-,30?/m0/s1. The number of carboxylic acid groups (broad SMARTS) is 1. The van der Waals surface area contributed by atoms with E-state index in [4.69, 9.17) is 14.9 Å². The number of aromatic nitrogens is 2. The number of aliphatic hydroxyl groups is 1. The van der Waals surface area contributed by atoms with Crippen molar-refractivity contribution in [3.8, 4) is 5.69 Å². The average Bonchev–Trinajstić information content (AvgIpc) is 3.35. The van der Waals surface area contributed by atoms with E-state index in [1.807, 2.05) is 30.3 Å². The number of carbonyl (C=O) groups is 1. The van der Waals surface area contributed by atoms with E-state index in [1.165, 1.54) is 28.8 Å². The first-order valence-corrected chi connectivity index (χ1v) is 12.8. The van der Waals surface area contributed by atoms with Gasteiger partial charge in [-0.3, -0.25) is 14.2 Å². The van der Waals surface area contributed by atoms with Crippen LogP contribution in [0.2, 0.25) is 0 Å². The highest BCUT2D eigenvalue weighted by Crippen LogP contribution is 2.37. The van der Waals surface area contributed by atoms with Gasteiger partial charge in [0.25, 0.3) is 5.56 Å². The first-order valence-electron chi connectivity index (χ1n) is 12.8. The highest BCUT2D eigenvalue weighted by Gasteiger charge is 2.42. The molecular formula is C30H28FN3O5. The minimum Gasteiger partial charge on any atom is -0.481 e. The number of carboxylic acids is 1. The fourth-order valence-corrected chi connectivity index (χ4v) is 4.84. The van der Waals surface area contributed by atoms with Gasteiger partial charge in [0.15, 0.2) is 5.60 Å². The third-order valence-corrected chi connectivity index (χ3v) is 6.97. The molecule has 5 rings (SSSR count). The lowest BCUT2D eigenvalue weighted by atomic mass is 9.87. The average molecular weight is 530 g/mol. The van der Waals surface area contributed by atoms with Crippen LogP contribution in [0.4, 0.5) is 4.39 Å². The van der Waals surface area contributed by atoms with E-state index < -0.39 is 23.5 Å². The van der Waals surface area contributed by atoms with E-state index in [9.17, 15) is 19.1 Å².